The van der Waals surface area contributed by atoms with Crippen LogP contribution in [0.25, 0.3) is 11.1 Å². The van der Waals surface area contributed by atoms with Gasteiger partial charge in [0.25, 0.3) is 0 Å². The molecule has 1 fully saturated rings. The summed E-state index contributed by atoms with van der Waals surface area (Å²) in [4.78, 5) is 12.6. The second kappa shape index (κ2) is 5.96. The number of carbonyl (C=O) groups excluding carboxylic acids is 1. The summed E-state index contributed by atoms with van der Waals surface area (Å²) >= 11 is 0. The molecule has 3 aromatic rings. The summed E-state index contributed by atoms with van der Waals surface area (Å²) in [6.07, 6.45) is 4.75. The molecule has 0 aliphatic heterocycles. The van der Waals surface area contributed by atoms with Crippen LogP contribution in [0, 0.1) is 5.92 Å². The van der Waals surface area contributed by atoms with Crippen LogP contribution in [0.4, 0.5) is 5.69 Å². The summed E-state index contributed by atoms with van der Waals surface area (Å²) < 4.78 is 1.79. The van der Waals surface area contributed by atoms with E-state index in [1.807, 2.05) is 61.9 Å². The van der Waals surface area contributed by atoms with Crippen molar-refractivity contribution in [2.45, 2.75) is 12.3 Å². The molecule has 1 N–H and O–H groups in total. The van der Waals surface area contributed by atoms with Gasteiger partial charge in [-0.1, -0.05) is 48.5 Å². The Kier molecular flexibility index (Phi) is 3.65. The molecule has 4 nitrogen and oxygen atoms in total. The van der Waals surface area contributed by atoms with Gasteiger partial charge in [-0.2, -0.15) is 5.10 Å². The number of para-hydroxylation sites is 1. The molecule has 4 rings (SSSR count). The number of nitrogens with one attached hydrogen (secondary N) is 1. The highest BCUT2D eigenvalue weighted by Crippen LogP contribution is 2.48. The van der Waals surface area contributed by atoms with E-state index in [9.17, 15) is 4.79 Å². The number of anilines is 1. The van der Waals surface area contributed by atoms with Gasteiger partial charge >= 0.3 is 0 Å². The first-order valence-electron chi connectivity index (χ1n) is 8.16. The minimum Gasteiger partial charge on any atom is -0.325 e. The molecule has 1 aliphatic rings. The molecule has 0 saturated heterocycles. The second-order valence-corrected chi connectivity index (χ2v) is 6.30. The molecule has 2 atom stereocenters. The fourth-order valence-corrected chi connectivity index (χ4v) is 3.17. The van der Waals surface area contributed by atoms with E-state index in [4.69, 9.17) is 0 Å². The highest BCUT2D eigenvalue weighted by Gasteiger charge is 2.44. The van der Waals surface area contributed by atoms with E-state index < -0.39 is 0 Å². The minimum atomic E-state index is 0.0398. The number of aromatic nitrogens is 2. The molecule has 1 aliphatic carbocycles. The maximum atomic E-state index is 12.6. The van der Waals surface area contributed by atoms with Crippen molar-refractivity contribution >= 4 is 11.6 Å². The van der Waals surface area contributed by atoms with Gasteiger partial charge in [-0.05, 0) is 29.5 Å². The van der Waals surface area contributed by atoms with Gasteiger partial charge in [0.15, 0.2) is 0 Å². The first kappa shape index (κ1) is 14.7. The Labute approximate surface area is 141 Å². The molecule has 0 bridgehead atoms. The topological polar surface area (TPSA) is 46.9 Å². The quantitative estimate of drug-likeness (QED) is 0.795. The Hall–Kier alpha value is -2.88. The Morgan fingerprint density at radius 3 is 2.62 bits per heavy atom. The van der Waals surface area contributed by atoms with Crippen molar-refractivity contribution < 1.29 is 4.79 Å². The maximum absolute atomic E-state index is 12.6. The number of nitrogens with zero attached hydrogens (tertiary/aromatic N) is 2. The zero-order valence-electron chi connectivity index (χ0n) is 13.5. The highest BCUT2D eigenvalue weighted by atomic mass is 16.2. The average molecular weight is 317 g/mol. The molecule has 2 aromatic carbocycles. The molecule has 0 radical (unpaired) electrons. The molecular weight excluding hydrogens is 298 g/mol. The van der Waals surface area contributed by atoms with Gasteiger partial charge in [0, 0.05) is 30.4 Å². The Morgan fingerprint density at radius 2 is 1.88 bits per heavy atom. The fourth-order valence-electron chi connectivity index (χ4n) is 3.17. The largest absolute Gasteiger partial charge is 0.325 e. The lowest BCUT2D eigenvalue weighted by Gasteiger charge is -2.11. The van der Waals surface area contributed by atoms with Crippen LogP contribution >= 0.6 is 0 Å². The number of rotatable bonds is 4. The lowest BCUT2D eigenvalue weighted by molar-refractivity contribution is -0.117. The molecule has 1 amide bonds. The fraction of sp³-hybridized carbons (Fsp3) is 0.200. The van der Waals surface area contributed by atoms with Gasteiger partial charge < -0.3 is 5.32 Å². The van der Waals surface area contributed by atoms with Crippen LogP contribution in [0.5, 0.6) is 0 Å². The summed E-state index contributed by atoms with van der Waals surface area (Å²) in [5.41, 5.74) is 4.16. The van der Waals surface area contributed by atoms with Gasteiger partial charge in [-0.3, -0.25) is 9.48 Å². The Bertz CT molecular complexity index is 869. The van der Waals surface area contributed by atoms with Crippen LogP contribution in [-0.2, 0) is 11.8 Å². The summed E-state index contributed by atoms with van der Waals surface area (Å²) in [6, 6.07) is 18.1. The van der Waals surface area contributed by atoms with E-state index in [2.05, 4.69) is 22.5 Å². The smallest absolute Gasteiger partial charge is 0.228 e. The van der Waals surface area contributed by atoms with Crippen molar-refractivity contribution in [1.29, 1.82) is 0 Å². The van der Waals surface area contributed by atoms with Gasteiger partial charge in [0.1, 0.15) is 0 Å². The van der Waals surface area contributed by atoms with Crippen LogP contribution in [0.3, 0.4) is 0 Å². The SMILES string of the molecule is Cn1cc([C@@H]2C[C@H]2C(=O)Nc2ccccc2-c2ccccc2)cn1. The molecule has 0 spiro atoms. The van der Waals surface area contributed by atoms with Crippen LogP contribution in [0.2, 0.25) is 0 Å². The molecular formula is C20H19N3O. The van der Waals surface area contributed by atoms with Gasteiger partial charge in [0.05, 0.1) is 6.20 Å². The third kappa shape index (κ3) is 2.83. The molecule has 1 heterocycles. The molecule has 120 valence electrons. The summed E-state index contributed by atoms with van der Waals surface area (Å²) in [6.45, 7) is 0. The van der Waals surface area contributed by atoms with Crippen LogP contribution in [0.1, 0.15) is 17.9 Å². The second-order valence-electron chi connectivity index (χ2n) is 6.30. The van der Waals surface area contributed by atoms with Crippen molar-refractivity contribution in [2.24, 2.45) is 13.0 Å². The average Bonchev–Trinajstić information content (AvgIpc) is 3.30. The Balaban J connectivity index is 1.51. The first-order chi connectivity index (χ1) is 11.7. The predicted molar refractivity (Wildman–Crippen MR) is 94.6 cm³/mol. The monoisotopic (exact) mass is 317 g/mol. The van der Waals surface area contributed by atoms with Crippen LogP contribution in [0.15, 0.2) is 67.0 Å². The maximum Gasteiger partial charge on any atom is 0.228 e. The van der Waals surface area contributed by atoms with Crippen LogP contribution < -0.4 is 5.32 Å². The van der Waals surface area contributed by atoms with Crippen LogP contribution in [-0.4, -0.2) is 15.7 Å². The highest BCUT2D eigenvalue weighted by molar-refractivity contribution is 5.98. The number of hydrogen-bond donors (Lipinski definition) is 1. The zero-order valence-corrected chi connectivity index (χ0v) is 13.5. The minimum absolute atomic E-state index is 0.0398. The molecule has 1 saturated carbocycles. The third-order valence-electron chi connectivity index (χ3n) is 4.55. The third-order valence-corrected chi connectivity index (χ3v) is 4.55. The molecule has 1 aromatic heterocycles. The summed E-state index contributed by atoms with van der Waals surface area (Å²) in [5, 5.41) is 7.31. The van der Waals surface area contributed by atoms with E-state index in [1.54, 1.807) is 4.68 Å². The van der Waals surface area contributed by atoms with E-state index in [-0.39, 0.29) is 11.8 Å². The van der Waals surface area contributed by atoms with Crippen molar-refractivity contribution in [3.05, 3.63) is 72.6 Å². The van der Waals surface area contributed by atoms with Crippen molar-refractivity contribution in [1.82, 2.24) is 9.78 Å². The zero-order chi connectivity index (χ0) is 16.5. The van der Waals surface area contributed by atoms with Crippen molar-refractivity contribution in [3.63, 3.8) is 0 Å². The molecule has 4 heteroatoms. The first-order valence-corrected chi connectivity index (χ1v) is 8.16. The van der Waals surface area contributed by atoms with E-state index in [0.717, 1.165) is 28.8 Å². The number of amides is 1. The van der Waals surface area contributed by atoms with Gasteiger partial charge in [-0.25, -0.2) is 0 Å². The number of aryl methyl sites for hydroxylation is 1. The van der Waals surface area contributed by atoms with E-state index in [1.165, 1.54) is 0 Å². The standard InChI is InChI=1S/C20H19N3O/c1-23-13-15(12-21-23)17-11-18(17)20(24)22-19-10-6-5-9-16(19)14-7-3-2-4-8-14/h2-10,12-13,17-18H,11H2,1H3,(H,22,24)/t17-,18+/m0/s1. The van der Waals surface area contributed by atoms with Gasteiger partial charge in [0.2, 0.25) is 5.91 Å². The number of carbonyl (C=O) groups is 1. The summed E-state index contributed by atoms with van der Waals surface area (Å²) in [7, 11) is 1.90. The van der Waals surface area contributed by atoms with Crippen molar-refractivity contribution in [2.75, 3.05) is 5.32 Å². The van der Waals surface area contributed by atoms with Crippen molar-refractivity contribution in [3.8, 4) is 11.1 Å². The predicted octanol–water partition coefficient (Wildman–Crippen LogP) is 3.83. The number of hydrogen-bond acceptors (Lipinski definition) is 2. The number of benzene rings is 2. The van der Waals surface area contributed by atoms with E-state index >= 15 is 0 Å². The molecule has 0 unspecified atom stereocenters. The Morgan fingerprint density at radius 1 is 1.12 bits per heavy atom. The lowest BCUT2D eigenvalue weighted by atomic mass is 10.0. The normalized spacial score (nSPS) is 19.0. The summed E-state index contributed by atoms with van der Waals surface area (Å²) in [5.74, 6) is 0.424. The lowest BCUT2D eigenvalue weighted by Crippen LogP contribution is -2.15. The molecule has 24 heavy (non-hydrogen) atoms. The van der Waals surface area contributed by atoms with Gasteiger partial charge in [-0.15, -0.1) is 0 Å². The van der Waals surface area contributed by atoms with E-state index in [0.29, 0.717) is 5.92 Å².